The van der Waals surface area contributed by atoms with Crippen molar-refractivity contribution in [1.82, 2.24) is 24.5 Å². The van der Waals surface area contributed by atoms with E-state index in [4.69, 9.17) is 17.3 Å². The van der Waals surface area contributed by atoms with Crippen LogP contribution >= 0.6 is 23.6 Å². The van der Waals surface area contributed by atoms with E-state index in [1.54, 1.807) is 11.3 Å². The molecule has 6 unspecified atom stereocenters. The maximum atomic E-state index is 6.33. The van der Waals surface area contributed by atoms with Crippen LogP contribution in [0.3, 0.4) is 0 Å². The van der Waals surface area contributed by atoms with Gasteiger partial charge in [0.2, 0.25) is 5.13 Å². The SMILES string of the molecule is CCCCC(CC)CN(CC(CC)CCCC)CN(CN(CC(CC)CCCC)CC(CC)CCCC)c1nn(CN2CC(CCCC)CCCC(CCCC)C2)c(=S)s1. The first kappa shape index (κ1) is 55.6. The van der Waals surface area contributed by atoms with Gasteiger partial charge in [-0.1, -0.05) is 190 Å². The standard InChI is InChI=1S/C52H104N6S2/c1-11-21-28-45(17-7)36-54(37-46(18-8)29-22-12-2)42-57(43-55(38-47(19-9)30-23-13-3)39-48(20-10)31-24-14-4)51-53-58(52(59)60-51)44-56-40-49(32-25-15-5)34-27-35-50(41-56)33-26-16-6/h45-50H,11-44H2,1-10H3. The maximum Gasteiger partial charge on any atom is 0.209 e. The van der Waals surface area contributed by atoms with Crippen molar-refractivity contribution in [3.63, 3.8) is 0 Å². The number of hydrogen-bond acceptors (Lipinski definition) is 7. The molecule has 354 valence electrons. The van der Waals surface area contributed by atoms with Crippen LogP contribution in [0.1, 0.15) is 230 Å². The molecule has 6 nitrogen and oxygen atoms in total. The molecule has 1 saturated heterocycles. The number of nitrogens with zero attached hydrogens (tertiary/aromatic N) is 6. The molecule has 2 heterocycles. The Labute approximate surface area is 384 Å². The Morgan fingerprint density at radius 1 is 0.567 bits per heavy atom. The Morgan fingerprint density at radius 2 is 0.933 bits per heavy atom. The fraction of sp³-hybridized carbons (Fsp3) is 0.962. The third-order valence-electron chi connectivity index (χ3n) is 14.4. The molecule has 0 spiro atoms. The van der Waals surface area contributed by atoms with Crippen LogP contribution in [0.2, 0.25) is 0 Å². The van der Waals surface area contributed by atoms with Gasteiger partial charge in [0.05, 0.1) is 20.0 Å². The molecule has 1 aliphatic heterocycles. The van der Waals surface area contributed by atoms with Gasteiger partial charge >= 0.3 is 0 Å². The van der Waals surface area contributed by atoms with Crippen LogP contribution in [0, 0.1) is 39.5 Å². The summed E-state index contributed by atoms with van der Waals surface area (Å²) < 4.78 is 3.21. The lowest BCUT2D eigenvalue weighted by Gasteiger charge is -2.39. The second-order valence-corrected chi connectivity index (χ2v) is 21.4. The minimum atomic E-state index is 0.743. The highest BCUT2D eigenvalue weighted by Crippen LogP contribution is 2.30. The van der Waals surface area contributed by atoms with Crippen molar-refractivity contribution >= 4 is 28.7 Å². The Morgan fingerprint density at radius 3 is 1.27 bits per heavy atom. The van der Waals surface area contributed by atoms with Crippen molar-refractivity contribution in [1.29, 1.82) is 0 Å². The van der Waals surface area contributed by atoms with Gasteiger partial charge in [-0.25, -0.2) is 4.68 Å². The van der Waals surface area contributed by atoms with Gasteiger partial charge in [0.1, 0.15) is 0 Å². The summed E-state index contributed by atoms with van der Waals surface area (Å²) in [4.78, 5) is 11.3. The largest absolute Gasteiger partial charge is 0.321 e. The van der Waals surface area contributed by atoms with E-state index in [2.05, 4.69) is 93.5 Å². The molecule has 0 N–H and O–H groups in total. The zero-order valence-corrected chi connectivity index (χ0v) is 43.6. The average molecular weight is 878 g/mol. The van der Waals surface area contributed by atoms with Gasteiger partial charge in [-0.2, -0.15) is 0 Å². The van der Waals surface area contributed by atoms with E-state index in [1.165, 1.54) is 200 Å². The lowest BCUT2D eigenvalue weighted by atomic mass is 9.88. The zero-order chi connectivity index (χ0) is 44.0. The summed E-state index contributed by atoms with van der Waals surface area (Å²) in [5.41, 5.74) is 0. The number of rotatable bonds is 37. The van der Waals surface area contributed by atoms with Gasteiger partial charge in [0.15, 0.2) is 3.95 Å². The number of unbranched alkanes of at least 4 members (excludes halogenated alkanes) is 6. The van der Waals surface area contributed by atoms with Crippen molar-refractivity contribution < 1.29 is 0 Å². The van der Waals surface area contributed by atoms with E-state index in [0.29, 0.717) is 0 Å². The summed E-state index contributed by atoms with van der Waals surface area (Å²) in [5, 5.41) is 6.75. The molecule has 6 atom stereocenters. The predicted molar refractivity (Wildman–Crippen MR) is 271 cm³/mol. The highest BCUT2D eigenvalue weighted by molar-refractivity contribution is 7.73. The molecule has 0 aromatic carbocycles. The molecule has 1 aliphatic rings. The van der Waals surface area contributed by atoms with E-state index in [1.807, 2.05) is 0 Å². The minimum absolute atomic E-state index is 0.743. The molecule has 2 rings (SSSR count). The minimum Gasteiger partial charge on any atom is -0.321 e. The summed E-state index contributed by atoms with van der Waals surface area (Å²) in [6, 6.07) is 0. The summed E-state index contributed by atoms with van der Waals surface area (Å²) in [6.07, 6.45) is 33.1. The maximum absolute atomic E-state index is 6.33. The van der Waals surface area contributed by atoms with Crippen molar-refractivity contribution in [3.05, 3.63) is 3.95 Å². The molecule has 0 saturated carbocycles. The lowest BCUT2D eigenvalue weighted by molar-refractivity contribution is 0.116. The Bertz CT molecular complexity index is 1090. The third kappa shape index (κ3) is 22.9. The fourth-order valence-corrected chi connectivity index (χ4v) is 11.2. The predicted octanol–water partition coefficient (Wildman–Crippen LogP) is 15.9. The Kier molecular flexibility index (Phi) is 32.3. The van der Waals surface area contributed by atoms with E-state index >= 15 is 0 Å². The second-order valence-electron chi connectivity index (χ2n) is 19.8. The molecule has 60 heavy (non-hydrogen) atoms. The first-order chi connectivity index (χ1) is 29.2. The van der Waals surface area contributed by atoms with Gasteiger partial charge in [-0.05, 0) is 99.1 Å². The van der Waals surface area contributed by atoms with Gasteiger partial charge in [-0.15, -0.1) is 5.10 Å². The number of anilines is 1. The molecule has 0 radical (unpaired) electrons. The van der Waals surface area contributed by atoms with Crippen LogP contribution < -0.4 is 4.90 Å². The van der Waals surface area contributed by atoms with Gasteiger partial charge < -0.3 is 4.90 Å². The van der Waals surface area contributed by atoms with E-state index in [-0.39, 0.29) is 0 Å². The van der Waals surface area contributed by atoms with Crippen LogP contribution in [0.25, 0.3) is 0 Å². The molecule has 1 aromatic heterocycles. The summed E-state index contributed by atoms with van der Waals surface area (Å²) >= 11 is 8.13. The molecule has 0 bridgehead atoms. The summed E-state index contributed by atoms with van der Waals surface area (Å²) in [6.45, 7) is 33.8. The van der Waals surface area contributed by atoms with E-state index in [0.717, 1.165) is 64.6 Å². The topological polar surface area (TPSA) is 30.8 Å². The van der Waals surface area contributed by atoms with Crippen molar-refractivity contribution in [2.24, 2.45) is 35.5 Å². The van der Waals surface area contributed by atoms with Crippen LogP contribution in [0.15, 0.2) is 0 Å². The third-order valence-corrected chi connectivity index (χ3v) is 15.7. The van der Waals surface area contributed by atoms with Crippen LogP contribution in [0.5, 0.6) is 0 Å². The van der Waals surface area contributed by atoms with Gasteiger partial charge in [0.25, 0.3) is 0 Å². The summed E-state index contributed by atoms with van der Waals surface area (Å²) in [7, 11) is 0. The number of likely N-dealkylation sites (tertiary alicyclic amines) is 1. The number of aromatic nitrogens is 2. The fourth-order valence-electron chi connectivity index (χ4n) is 10.1. The molecule has 0 amide bonds. The second kappa shape index (κ2) is 34.8. The van der Waals surface area contributed by atoms with Crippen LogP contribution in [-0.2, 0) is 6.67 Å². The highest BCUT2D eigenvalue weighted by atomic mass is 32.1. The van der Waals surface area contributed by atoms with E-state index in [9.17, 15) is 0 Å². The normalized spacial score (nSPS) is 18.8. The Hall–Kier alpha value is -0.540. The molecular formula is C52H104N6S2. The smallest absolute Gasteiger partial charge is 0.209 e. The van der Waals surface area contributed by atoms with Crippen molar-refractivity contribution in [2.75, 3.05) is 57.5 Å². The Balaban J connectivity index is 2.64. The zero-order valence-electron chi connectivity index (χ0n) is 42.0. The quantitative estimate of drug-likeness (QED) is 0.0489. The molecule has 1 fully saturated rings. The van der Waals surface area contributed by atoms with E-state index < -0.39 is 0 Å². The van der Waals surface area contributed by atoms with Crippen LogP contribution in [-0.4, -0.2) is 77.1 Å². The molecule has 8 heteroatoms. The molecule has 1 aromatic rings. The highest BCUT2D eigenvalue weighted by Gasteiger charge is 2.27. The monoisotopic (exact) mass is 877 g/mol. The average Bonchev–Trinajstić information content (AvgIpc) is 3.61. The summed E-state index contributed by atoms with van der Waals surface area (Å²) in [5.74, 6) is 4.56. The molecule has 0 aliphatic carbocycles. The van der Waals surface area contributed by atoms with Crippen LogP contribution in [0.4, 0.5) is 5.13 Å². The first-order valence-corrected chi connectivity index (χ1v) is 27.9. The first-order valence-electron chi connectivity index (χ1n) is 26.7. The molecular weight excluding hydrogens is 773 g/mol. The lowest BCUT2D eigenvalue weighted by Crippen LogP contribution is -2.49. The van der Waals surface area contributed by atoms with Crippen molar-refractivity contribution in [3.8, 4) is 0 Å². The van der Waals surface area contributed by atoms with Crippen molar-refractivity contribution in [2.45, 2.75) is 236 Å². The van der Waals surface area contributed by atoms with Gasteiger partial charge in [-0.3, -0.25) is 14.7 Å². The number of hydrogen-bond donors (Lipinski definition) is 0. The van der Waals surface area contributed by atoms with Gasteiger partial charge in [0, 0.05) is 39.3 Å².